The lowest BCUT2D eigenvalue weighted by molar-refractivity contribution is 0.573. The Bertz CT molecular complexity index is 744. The molecule has 3 aromatic rings. The molecule has 0 aliphatic heterocycles. The first kappa shape index (κ1) is 13.5. The van der Waals surface area contributed by atoms with Crippen LogP contribution in [0, 0.1) is 6.92 Å². The van der Waals surface area contributed by atoms with E-state index in [9.17, 15) is 0 Å². The number of furan rings is 1. The van der Waals surface area contributed by atoms with E-state index in [1.165, 1.54) is 10.9 Å². The van der Waals surface area contributed by atoms with Gasteiger partial charge in [0.1, 0.15) is 17.2 Å². The number of pyridine rings is 1. The van der Waals surface area contributed by atoms with E-state index in [1.807, 2.05) is 62.4 Å². The first-order valence-corrected chi connectivity index (χ1v) is 6.99. The lowest BCUT2D eigenvalue weighted by Crippen LogP contribution is -2.10. The van der Waals surface area contributed by atoms with E-state index in [1.54, 1.807) is 0 Å². The molecule has 0 saturated heterocycles. The van der Waals surface area contributed by atoms with Gasteiger partial charge in [-0.15, -0.1) is 0 Å². The van der Waals surface area contributed by atoms with Crippen LogP contribution >= 0.6 is 0 Å². The molecular weight excluding hydrogens is 262 g/mol. The van der Waals surface area contributed by atoms with Crippen LogP contribution in [0.25, 0.3) is 11.0 Å². The molecule has 2 heterocycles. The topological polar surface area (TPSA) is 41.3 Å². The van der Waals surface area contributed by atoms with Gasteiger partial charge in [0.25, 0.3) is 0 Å². The Labute approximate surface area is 124 Å². The molecule has 0 radical (unpaired) electrons. The molecule has 0 bridgehead atoms. The van der Waals surface area contributed by atoms with Gasteiger partial charge in [0.15, 0.2) is 0 Å². The second-order valence-corrected chi connectivity index (χ2v) is 5.29. The number of hydrogen-bond acceptors (Lipinski definition) is 4. The van der Waals surface area contributed by atoms with Crippen molar-refractivity contribution in [3.8, 4) is 0 Å². The number of hydrogen-bond donors (Lipinski definition) is 1. The molecule has 1 N–H and O–H groups in total. The van der Waals surface area contributed by atoms with Gasteiger partial charge in [0.05, 0.1) is 11.9 Å². The number of rotatable bonds is 4. The van der Waals surface area contributed by atoms with Crippen molar-refractivity contribution in [1.29, 1.82) is 0 Å². The second kappa shape index (κ2) is 5.48. The van der Waals surface area contributed by atoms with Gasteiger partial charge in [-0.2, -0.15) is 0 Å². The summed E-state index contributed by atoms with van der Waals surface area (Å²) in [6, 6.07) is 12.2. The first-order valence-electron chi connectivity index (χ1n) is 6.99. The molecule has 0 unspecified atom stereocenters. The van der Waals surface area contributed by atoms with E-state index in [0.717, 1.165) is 29.4 Å². The Morgan fingerprint density at radius 2 is 1.95 bits per heavy atom. The number of fused-ring (bicyclic) bond motifs is 1. The average Bonchev–Trinajstić information content (AvgIpc) is 2.81. The predicted molar refractivity (Wildman–Crippen MR) is 86.8 cm³/mol. The maximum absolute atomic E-state index is 5.78. The maximum Gasteiger partial charge on any atom is 0.134 e. The Morgan fingerprint density at radius 3 is 2.67 bits per heavy atom. The highest BCUT2D eigenvalue weighted by Crippen LogP contribution is 2.26. The Balaban J connectivity index is 1.78. The number of anilines is 2. The first-order chi connectivity index (χ1) is 10.1. The molecule has 108 valence electrons. The number of benzene rings is 1. The molecule has 0 saturated carbocycles. The highest BCUT2D eigenvalue weighted by Gasteiger charge is 2.09. The minimum Gasteiger partial charge on any atom is -0.461 e. The van der Waals surface area contributed by atoms with Crippen molar-refractivity contribution in [2.75, 3.05) is 24.3 Å². The summed E-state index contributed by atoms with van der Waals surface area (Å²) in [4.78, 5) is 6.39. The molecule has 2 aromatic heterocycles. The highest BCUT2D eigenvalue weighted by molar-refractivity contribution is 5.82. The number of aryl methyl sites for hydroxylation is 1. The third kappa shape index (κ3) is 2.70. The van der Waals surface area contributed by atoms with Crippen LogP contribution in [0.5, 0.6) is 0 Å². The number of para-hydroxylation sites is 1. The molecule has 0 aliphatic carbocycles. The number of nitrogens with one attached hydrogen (secondary N) is 1. The molecule has 0 fully saturated rings. The van der Waals surface area contributed by atoms with Crippen LogP contribution in [0.15, 0.2) is 47.0 Å². The van der Waals surface area contributed by atoms with Crippen molar-refractivity contribution < 1.29 is 4.42 Å². The fourth-order valence-corrected chi connectivity index (χ4v) is 2.39. The summed E-state index contributed by atoms with van der Waals surface area (Å²) >= 11 is 0. The fourth-order valence-electron chi connectivity index (χ4n) is 2.39. The van der Waals surface area contributed by atoms with Gasteiger partial charge in [0.2, 0.25) is 0 Å². The lowest BCUT2D eigenvalue weighted by atomic mass is 10.1. The number of nitrogens with zero attached hydrogens (tertiary/aromatic N) is 2. The van der Waals surface area contributed by atoms with E-state index < -0.39 is 0 Å². The van der Waals surface area contributed by atoms with Crippen molar-refractivity contribution in [2.45, 2.75) is 13.5 Å². The van der Waals surface area contributed by atoms with E-state index in [2.05, 4.69) is 16.4 Å². The van der Waals surface area contributed by atoms with Gasteiger partial charge < -0.3 is 14.6 Å². The monoisotopic (exact) mass is 281 g/mol. The Hall–Kier alpha value is -2.49. The maximum atomic E-state index is 5.78. The summed E-state index contributed by atoms with van der Waals surface area (Å²) in [7, 11) is 3.97. The van der Waals surface area contributed by atoms with Crippen LogP contribution in [0.4, 0.5) is 11.5 Å². The molecule has 21 heavy (non-hydrogen) atoms. The van der Waals surface area contributed by atoms with Crippen LogP contribution in [0.3, 0.4) is 0 Å². The quantitative estimate of drug-likeness (QED) is 0.789. The zero-order valence-electron chi connectivity index (χ0n) is 12.6. The van der Waals surface area contributed by atoms with Gasteiger partial charge in [-0.25, -0.2) is 4.98 Å². The van der Waals surface area contributed by atoms with Gasteiger partial charge in [0, 0.05) is 31.6 Å². The summed E-state index contributed by atoms with van der Waals surface area (Å²) in [5, 5.41) is 4.57. The largest absolute Gasteiger partial charge is 0.461 e. The zero-order chi connectivity index (χ0) is 14.8. The van der Waals surface area contributed by atoms with Crippen LogP contribution in [0.2, 0.25) is 0 Å². The minimum absolute atomic E-state index is 0.728. The third-order valence-electron chi connectivity index (χ3n) is 3.58. The van der Waals surface area contributed by atoms with Crippen LogP contribution in [-0.2, 0) is 6.54 Å². The summed E-state index contributed by atoms with van der Waals surface area (Å²) in [5.74, 6) is 1.91. The summed E-state index contributed by atoms with van der Waals surface area (Å²) in [6.07, 6.45) is 1.85. The van der Waals surface area contributed by atoms with Crippen molar-refractivity contribution in [3.05, 3.63) is 53.9 Å². The molecule has 0 spiro atoms. The molecule has 1 aromatic carbocycles. The number of aromatic nitrogens is 1. The SMILES string of the molecule is Cc1oc2ccccc2c1CNc1ccc(N(C)C)nc1. The smallest absolute Gasteiger partial charge is 0.134 e. The van der Waals surface area contributed by atoms with Crippen LogP contribution in [-0.4, -0.2) is 19.1 Å². The van der Waals surface area contributed by atoms with E-state index >= 15 is 0 Å². The minimum atomic E-state index is 0.728. The molecule has 0 amide bonds. The van der Waals surface area contributed by atoms with Crippen molar-refractivity contribution in [2.24, 2.45) is 0 Å². The fraction of sp³-hybridized carbons (Fsp3) is 0.235. The van der Waals surface area contributed by atoms with Gasteiger partial charge in [-0.3, -0.25) is 0 Å². The lowest BCUT2D eigenvalue weighted by Gasteiger charge is -2.12. The molecule has 0 aliphatic rings. The standard InChI is InChI=1S/C17H19N3O/c1-12-15(14-6-4-5-7-16(14)21-12)11-18-13-8-9-17(19-10-13)20(2)3/h4-10,18H,11H2,1-3H3. The van der Waals surface area contributed by atoms with E-state index in [4.69, 9.17) is 4.42 Å². The van der Waals surface area contributed by atoms with Crippen LogP contribution in [0.1, 0.15) is 11.3 Å². The van der Waals surface area contributed by atoms with Crippen molar-refractivity contribution >= 4 is 22.5 Å². The van der Waals surface area contributed by atoms with E-state index in [-0.39, 0.29) is 0 Å². The molecule has 3 rings (SSSR count). The molecule has 4 heteroatoms. The zero-order valence-corrected chi connectivity index (χ0v) is 12.6. The van der Waals surface area contributed by atoms with Gasteiger partial charge in [-0.05, 0) is 25.1 Å². The second-order valence-electron chi connectivity index (χ2n) is 5.29. The highest BCUT2D eigenvalue weighted by atomic mass is 16.3. The normalized spacial score (nSPS) is 10.8. The predicted octanol–water partition coefficient (Wildman–Crippen LogP) is 3.81. The van der Waals surface area contributed by atoms with Gasteiger partial charge in [-0.1, -0.05) is 18.2 Å². The van der Waals surface area contributed by atoms with Crippen molar-refractivity contribution in [3.63, 3.8) is 0 Å². The molecular formula is C17H19N3O. The Morgan fingerprint density at radius 1 is 1.14 bits per heavy atom. The molecule has 4 nitrogen and oxygen atoms in total. The summed E-state index contributed by atoms with van der Waals surface area (Å²) in [6.45, 7) is 2.73. The van der Waals surface area contributed by atoms with E-state index in [0.29, 0.717) is 0 Å². The van der Waals surface area contributed by atoms with Crippen LogP contribution < -0.4 is 10.2 Å². The summed E-state index contributed by atoms with van der Waals surface area (Å²) in [5.41, 5.74) is 3.14. The molecule has 0 atom stereocenters. The summed E-state index contributed by atoms with van der Waals surface area (Å²) < 4.78 is 5.78. The Kier molecular flexibility index (Phi) is 3.52. The van der Waals surface area contributed by atoms with Crippen molar-refractivity contribution in [1.82, 2.24) is 4.98 Å². The van der Waals surface area contributed by atoms with Gasteiger partial charge >= 0.3 is 0 Å². The third-order valence-corrected chi connectivity index (χ3v) is 3.58. The average molecular weight is 281 g/mol.